The molecule has 4 aliphatic rings. The van der Waals surface area contributed by atoms with E-state index in [0.717, 1.165) is 22.6 Å². The van der Waals surface area contributed by atoms with Crippen molar-refractivity contribution in [1.82, 2.24) is 0 Å². The molecular weight excluding hydrogens is 352 g/mol. The Bertz CT molecular complexity index is 911. The normalized spacial score (nSPS) is 29.9. The first-order valence-corrected chi connectivity index (χ1v) is 9.03. The Morgan fingerprint density at radius 3 is 2.15 bits per heavy atom. The van der Waals surface area contributed by atoms with Crippen LogP contribution in [0.25, 0.3) is 0 Å². The fraction of sp³-hybridized carbons (Fsp3) is 0.400. The zero-order chi connectivity index (χ0) is 18.0. The van der Waals surface area contributed by atoms with Crippen molar-refractivity contribution in [2.45, 2.75) is 12.2 Å². The molecule has 140 valence electrons. The number of fused-ring (bicyclic) bond motifs is 3. The average Bonchev–Trinajstić information content (AvgIpc) is 3.43. The lowest BCUT2D eigenvalue weighted by molar-refractivity contribution is 0.0185. The molecule has 0 saturated carbocycles. The largest absolute Gasteiger partial charge is 0.507 e. The van der Waals surface area contributed by atoms with Gasteiger partial charge in [0.25, 0.3) is 0 Å². The summed E-state index contributed by atoms with van der Waals surface area (Å²) in [7, 11) is 0. The molecule has 2 aromatic rings. The van der Waals surface area contributed by atoms with Gasteiger partial charge in [0, 0.05) is 23.5 Å². The number of phenolic OH excluding ortho intramolecular Hbond substituents is 1. The lowest BCUT2D eigenvalue weighted by Crippen LogP contribution is -2.14. The van der Waals surface area contributed by atoms with Crippen molar-refractivity contribution in [1.29, 1.82) is 0 Å². The summed E-state index contributed by atoms with van der Waals surface area (Å²) in [6.07, 6.45) is -0.297. The van der Waals surface area contributed by atoms with E-state index in [1.165, 1.54) is 0 Å². The van der Waals surface area contributed by atoms with Crippen molar-refractivity contribution >= 4 is 0 Å². The lowest BCUT2D eigenvalue weighted by atomic mass is 9.84. The SMILES string of the molecule is Oc1cc2c(cc1[C@H]1OCC3C1CO[C@@H]3c1ccc3c(c1)OCO3)OCO2. The number of hydrogen-bond donors (Lipinski definition) is 1. The third-order valence-electron chi connectivity index (χ3n) is 5.82. The first kappa shape index (κ1) is 15.4. The molecule has 2 saturated heterocycles. The topological polar surface area (TPSA) is 75.6 Å². The van der Waals surface area contributed by atoms with E-state index >= 15 is 0 Å². The van der Waals surface area contributed by atoms with Crippen LogP contribution in [0.1, 0.15) is 23.3 Å². The number of ether oxygens (including phenoxy) is 6. The van der Waals surface area contributed by atoms with E-state index in [0.29, 0.717) is 24.7 Å². The van der Waals surface area contributed by atoms with Gasteiger partial charge in [-0.15, -0.1) is 0 Å². The van der Waals surface area contributed by atoms with Gasteiger partial charge in [-0.1, -0.05) is 6.07 Å². The first-order valence-electron chi connectivity index (χ1n) is 9.03. The van der Waals surface area contributed by atoms with Gasteiger partial charge < -0.3 is 33.5 Å². The van der Waals surface area contributed by atoms with Crippen LogP contribution >= 0.6 is 0 Å². The second-order valence-electron chi connectivity index (χ2n) is 7.21. The summed E-state index contributed by atoms with van der Waals surface area (Å²) in [4.78, 5) is 0. The van der Waals surface area contributed by atoms with E-state index in [1.54, 1.807) is 6.07 Å². The minimum absolute atomic E-state index is 0.0642. The maximum atomic E-state index is 10.5. The van der Waals surface area contributed by atoms with E-state index in [1.807, 2.05) is 24.3 Å². The van der Waals surface area contributed by atoms with Gasteiger partial charge in [0.05, 0.1) is 25.4 Å². The quantitative estimate of drug-likeness (QED) is 0.871. The highest BCUT2D eigenvalue weighted by atomic mass is 16.7. The van der Waals surface area contributed by atoms with Gasteiger partial charge >= 0.3 is 0 Å². The number of aromatic hydroxyl groups is 1. The van der Waals surface area contributed by atoms with Gasteiger partial charge in [-0.05, 0) is 23.8 Å². The molecule has 6 rings (SSSR count). The number of benzene rings is 2. The van der Waals surface area contributed by atoms with Crippen molar-refractivity contribution in [2.24, 2.45) is 11.8 Å². The predicted molar refractivity (Wildman–Crippen MR) is 91.2 cm³/mol. The van der Waals surface area contributed by atoms with Crippen molar-refractivity contribution in [2.75, 3.05) is 26.8 Å². The molecule has 0 bridgehead atoms. The zero-order valence-electron chi connectivity index (χ0n) is 14.4. The van der Waals surface area contributed by atoms with Crippen LogP contribution < -0.4 is 18.9 Å². The van der Waals surface area contributed by atoms with Crippen LogP contribution in [0, 0.1) is 11.8 Å². The molecule has 7 heteroatoms. The molecule has 2 fully saturated rings. The van der Waals surface area contributed by atoms with Gasteiger partial charge in [-0.25, -0.2) is 0 Å². The Balaban J connectivity index is 1.29. The molecule has 4 aliphatic heterocycles. The molecule has 0 aromatic heterocycles. The maximum Gasteiger partial charge on any atom is 0.231 e. The van der Waals surface area contributed by atoms with Crippen LogP contribution in [0.3, 0.4) is 0 Å². The van der Waals surface area contributed by atoms with E-state index < -0.39 is 0 Å². The zero-order valence-corrected chi connectivity index (χ0v) is 14.4. The third kappa shape index (κ3) is 2.28. The summed E-state index contributed by atoms with van der Waals surface area (Å²) in [6.45, 7) is 1.57. The molecule has 1 N–H and O–H groups in total. The molecule has 0 amide bonds. The Kier molecular flexibility index (Phi) is 3.24. The highest BCUT2D eigenvalue weighted by Gasteiger charge is 2.49. The molecule has 27 heavy (non-hydrogen) atoms. The van der Waals surface area contributed by atoms with Crippen LogP contribution in [-0.4, -0.2) is 31.9 Å². The van der Waals surface area contributed by atoms with Gasteiger partial charge in [0.15, 0.2) is 23.0 Å². The third-order valence-corrected chi connectivity index (χ3v) is 5.82. The second kappa shape index (κ2) is 5.68. The summed E-state index contributed by atoms with van der Waals surface area (Å²) in [5.74, 6) is 3.25. The van der Waals surface area contributed by atoms with Crippen molar-refractivity contribution in [3.05, 3.63) is 41.5 Å². The Morgan fingerprint density at radius 2 is 1.33 bits per heavy atom. The summed E-state index contributed by atoms with van der Waals surface area (Å²) < 4.78 is 33.9. The van der Waals surface area contributed by atoms with Crippen LogP contribution in [-0.2, 0) is 9.47 Å². The van der Waals surface area contributed by atoms with Gasteiger partial charge in [-0.3, -0.25) is 0 Å². The van der Waals surface area contributed by atoms with Crippen LogP contribution in [0.2, 0.25) is 0 Å². The van der Waals surface area contributed by atoms with Crippen LogP contribution in [0.15, 0.2) is 30.3 Å². The van der Waals surface area contributed by atoms with E-state index in [2.05, 4.69) is 0 Å². The predicted octanol–water partition coefficient (Wildman–Crippen LogP) is 2.92. The van der Waals surface area contributed by atoms with Crippen molar-refractivity contribution in [3.8, 4) is 28.7 Å². The molecule has 2 aromatic carbocycles. The molecule has 4 atom stereocenters. The number of phenols is 1. The Hall–Kier alpha value is -2.64. The summed E-state index contributed by atoms with van der Waals surface area (Å²) in [6, 6.07) is 9.34. The van der Waals surface area contributed by atoms with Gasteiger partial charge in [0.1, 0.15) is 5.75 Å². The van der Waals surface area contributed by atoms with Crippen molar-refractivity contribution < 1.29 is 33.5 Å². The average molecular weight is 370 g/mol. The van der Waals surface area contributed by atoms with Crippen molar-refractivity contribution in [3.63, 3.8) is 0 Å². The van der Waals surface area contributed by atoms with Gasteiger partial charge in [-0.2, -0.15) is 0 Å². The number of hydrogen-bond acceptors (Lipinski definition) is 7. The smallest absolute Gasteiger partial charge is 0.231 e. The fourth-order valence-corrected chi connectivity index (χ4v) is 4.48. The molecule has 0 aliphatic carbocycles. The van der Waals surface area contributed by atoms with Crippen LogP contribution in [0.5, 0.6) is 28.7 Å². The van der Waals surface area contributed by atoms with E-state index in [-0.39, 0.29) is 43.4 Å². The van der Waals surface area contributed by atoms with E-state index in [9.17, 15) is 5.11 Å². The maximum absolute atomic E-state index is 10.5. The molecular formula is C20H18O7. The molecule has 4 heterocycles. The molecule has 7 nitrogen and oxygen atoms in total. The molecule has 0 spiro atoms. The van der Waals surface area contributed by atoms with E-state index in [4.69, 9.17) is 28.4 Å². The highest BCUT2D eigenvalue weighted by Crippen LogP contribution is 2.53. The highest BCUT2D eigenvalue weighted by molar-refractivity contribution is 5.52. The second-order valence-corrected chi connectivity index (χ2v) is 7.21. The standard InChI is InChI=1S/C20H18O7/c21-14-5-18-17(26-9-27-18)4-11(14)20-13-7-22-19(12(13)6-23-20)10-1-2-15-16(3-10)25-8-24-15/h1-5,12-13,19-21H,6-9H2/t12?,13?,19-,20-/m1/s1. The molecule has 2 unspecified atom stereocenters. The fourth-order valence-electron chi connectivity index (χ4n) is 4.48. The summed E-state index contributed by atoms with van der Waals surface area (Å²) in [5, 5.41) is 10.5. The number of rotatable bonds is 2. The van der Waals surface area contributed by atoms with Gasteiger partial charge in [0.2, 0.25) is 13.6 Å². The Labute approximate surface area is 155 Å². The summed E-state index contributed by atoms with van der Waals surface area (Å²) >= 11 is 0. The minimum Gasteiger partial charge on any atom is -0.507 e. The minimum atomic E-state index is -0.233. The summed E-state index contributed by atoms with van der Waals surface area (Å²) in [5.41, 5.74) is 1.78. The monoisotopic (exact) mass is 370 g/mol. The first-order chi connectivity index (χ1) is 13.3. The lowest BCUT2D eigenvalue weighted by Gasteiger charge is -2.18. The van der Waals surface area contributed by atoms with Crippen LogP contribution in [0.4, 0.5) is 0 Å². The Morgan fingerprint density at radius 1 is 0.704 bits per heavy atom. The molecule has 0 radical (unpaired) electrons.